The Balaban J connectivity index is 2.08. The van der Waals surface area contributed by atoms with Crippen molar-refractivity contribution in [1.29, 1.82) is 0 Å². The summed E-state index contributed by atoms with van der Waals surface area (Å²) in [6, 6.07) is 7.62. The Hall–Kier alpha value is -0.860. The summed E-state index contributed by atoms with van der Waals surface area (Å²) in [5.41, 5.74) is 4.50. The topological polar surface area (TPSA) is 15.3 Å². The lowest BCUT2D eigenvalue weighted by molar-refractivity contribution is 0.227. The second-order valence-electron chi connectivity index (χ2n) is 4.96. The van der Waals surface area contributed by atoms with Crippen LogP contribution >= 0.6 is 0 Å². The van der Waals surface area contributed by atoms with Gasteiger partial charge in [0.25, 0.3) is 0 Å². The molecule has 1 aromatic carbocycles. The smallest absolute Gasteiger partial charge is 0.0243 e. The fraction of sp³-hybridized carbons (Fsp3) is 0.571. The lowest BCUT2D eigenvalue weighted by Gasteiger charge is -2.18. The molecule has 0 saturated heterocycles. The van der Waals surface area contributed by atoms with Crippen molar-refractivity contribution in [3.8, 4) is 0 Å². The number of hydrogen-bond donors (Lipinski definition) is 1. The molecule has 0 fully saturated rings. The van der Waals surface area contributed by atoms with Crippen molar-refractivity contribution in [2.45, 2.75) is 39.4 Å². The molecule has 1 heterocycles. The van der Waals surface area contributed by atoms with Crippen LogP contribution < -0.4 is 5.32 Å². The van der Waals surface area contributed by atoms with Gasteiger partial charge in [0.2, 0.25) is 0 Å². The van der Waals surface area contributed by atoms with E-state index in [9.17, 15) is 0 Å². The third-order valence-corrected chi connectivity index (χ3v) is 3.41. The highest BCUT2D eigenvalue weighted by Gasteiger charge is 2.20. The van der Waals surface area contributed by atoms with Crippen LogP contribution in [-0.4, -0.2) is 24.5 Å². The summed E-state index contributed by atoms with van der Waals surface area (Å²) in [7, 11) is 2.01. The van der Waals surface area contributed by atoms with E-state index in [4.69, 9.17) is 0 Å². The highest BCUT2D eigenvalue weighted by atomic mass is 15.2. The molecule has 2 heteroatoms. The van der Waals surface area contributed by atoms with E-state index in [0.717, 1.165) is 26.1 Å². The van der Waals surface area contributed by atoms with Crippen LogP contribution in [0.1, 0.15) is 30.5 Å². The van der Waals surface area contributed by atoms with Crippen molar-refractivity contribution in [2.24, 2.45) is 0 Å². The number of hydrogen-bond acceptors (Lipinski definition) is 2. The number of fused-ring (bicyclic) bond motifs is 1. The van der Waals surface area contributed by atoms with Gasteiger partial charge in [-0.2, -0.15) is 0 Å². The predicted octanol–water partition coefficient (Wildman–Crippen LogP) is 2.17. The van der Waals surface area contributed by atoms with E-state index >= 15 is 0 Å². The number of nitrogens with one attached hydrogen (secondary N) is 1. The molecule has 1 aliphatic heterocycles. The molecule has 0 unspecified atom stereocenters. The van der Waals surface area contributed by atoms with Gasteiger partial charge in [-0.15, -0.1) is 0 Å². The Kier molecular flexibility index (Phi) is 3.62. The maximum Gasteiger partial charge on any atom is 0.0243 e. The first kappa shape index (κ1) is 11.6. The van der Waals surface area contributed by atoms with E-state index in [2.05, 4.69) is 42.3 Å². The maximum absolute atomic E-state index is 3.20. The van der Waals surface area contributed by atoms with Crippen LogP contribution in [0, 0.1) is 0 Å². The lowest BCUT2D eigenvalue weighted by atomic mass is 10.0. The molecule has 88 valence electrons. The number of likely N-dealkylation sites (N-methyl/N-ethyl adjacent to an activating group) is 1. The summed E-state index contributed by atoms with van der Waals surface area (Å²) in [6.07, 6.45) is 1.13. The van der Waals surface area contributed by atoms with Crippen molar-refractivity contribution in [3.63, 3.8) is 0 Å². The summed E-state index contributed by atoms with van der Waals surface area (Å²) in [4.78, 5) is 2.52. The zero-order chi connectivity index (χ0) is 11.5. The number of benzene rings is 1. The maximum atomic E-state index is 3.20. The zero-order valence-electron chi connectivity index (χ0n) is 10.6. The predicted molar refractivity (Wildman–Crippen MR) is 68.5 cm³/mol. The Bertz CT molecular complexity index is 358. The minimum absolute atomic E-state index is 0.646. The molecule has 0 spiro atoms. The van der Waals surface area contributed by atoms with Crippen LogP contribution in [0.15, 0.2) is 18.2 Å². The largest absolute Gasteiger partial charge is 0.319 e. The molecule has 2 rings (SSSR count). The summed E-state index contributed by atoms with van der Waals surface area (Å²) in [5, 5.41) is 3.20. The number of rotatable bonds is 4. The third-order valence-electron chi connectivity index (χ3n) is 3.41. The fourth-order valence-corrected chi connectivity index (χ4v) is 2.26. The summed E-state index contributed by atoms with van der Waals surface area (Å²) in [6.45, 7) is 7.86. The lowest BCUT2D eigenvalue weighted by Crippen LogP contribution is -2.24. The van der Waals surface area contributed by atoms with Crippen LogP contribution in [0.25, 0.3) is 0 Å². The highest BCUT2D eigenvalue weighted by Crippen LogP contribution is 2.25. The molecule has 0 aromatic heterocycles. The summed E-state index contributed by atoms with van der Waals surface area (Å²) < 4.78 is 0. The monoisotopic (exact) mass is 218 g/mol. The molecule has 2 nitrogen and oxygen atoms in total. The third kappa shape index (κ3) is 2.45. The average molecular weight is 218 g/mol. The van der Waals surface area contributed by atoms with Gasteiger partial charge in [-0.3, -0.25) is 4.90 Å². The number of nitrogens with zero attached hydrogens (tertiary/aromatic N) is 1. The summed E-state index contributed by atoms with van der Waals surface area (Å²) >= 11 is 0. The molecule has 0 atom stereocenters. The van der Waals surface area contributed by atoms with Gasteiger partial charge >= 0.3 is 0 Å². The molecule has 0 aliphatic carbocycles. The average Bonchev–Trinajstić information content (AvgIpc) is 2.69. The standard InChI is InChI=1S/C14H22N2/c1-11(2)16-9-13-5-4-12(6-7-15-3)8-14(13)10-16/h4-5,8,11,15H,6-7,9-10H2,1-3H3. The Morgan fingerprint density at radius 2 is 2.00 bits per heavy atom. The first-order valence-corrected chi connectivity index (χ1v) is 6.20. The second kappa shape index (κ2) is 4.98. The first-order chi connectivity index (χ1) is 7.70. The van der Waals surface area contributed by atoms with Crippen molar-refractivity contribution in [2.75, 3.05) is 13.6 Å². The Morgan fingerprint density at radius 3 is 2.69 bits per heavy atom. The van der Waals surface area contributed by atoms with Crippen molar-refractivity contribution in [1.82, 2.24) is 10.2 Å². The minimum atomic E-state index is 0.646. The molecule has 0 saturated carbocycles. The normalized spacial score (nSPS) is 15.8. The van der Waals surface area contributed by atoms with E-state index < -0.39 is 0 Å². The van der Waals surface area contributed by atoms with Gasteiger partial charge < -0.3 is 5.32 Å². The first-order valence-electron chi connectivity index (χ1n) is 6.20. The van der Waals surface area contributed by atoms with Crippen LogP contribution in [-0.2, 0) is 19.5 Å². The molecule has 1 N–H and O–H groups in total. The van der Waals surface area contributed by atoms with E-state index in [-0.39, 0.29) is 0 Å². The van der Waals surface area contributed by atoms with Crippen molar-refractivity contribution in [3.05, 3.63) is 34.9 Å². The molecule has 1 aromatic rings. The quantitative estimate of drug-likeness (QED) is 0.833. The SMILES string of the molecule is CNCCc1ccc2c(c1)CN(C(C)C)C2. The van der Waals surface area contributed by atoms with Crippen molar-refractivity contribution < 1.29 is 0 Å². The zero-order valence-corrected chi connectivity index (χ0v) is 10.6. The molecular weight excluding hydrogens is 196 g/mol. The van der Waals surface area contributed by atoms with Gasteiger partial charge in [0.05, 0.1) is 0 Å². The van der Waals surface area contributed by atoms with Crippen molar-refractivity contribution >= 4 is 0 Å². The molecule has 0 bridgehead atoms. The van der Waals surface area contributed by atoms with Crippen LogP contribution in [0.2, 0.25) is 0 Å². The van der Waals surface area contributed by atoms with E-state index in [0.29, 0.717) is 6.04 Å². The van der Waals surface area contributed by atoms with Gasteiger partial charge in [-0.25, -0.2) is 0 Å². The molecule has 0 radical (unpaired) electrons. The Labute approximate surface area is 98.7 Å². The minimum Gasteiger partial charge on any atom is -0.319 e. The Morgan fingerprint density at radius 1 is 1.25 bits per heavy atom. The van der Waals surface area contributed by atoms with E-state index in [1.165, 1.54) is 16.7 Å². The van der Waals surface area contributed by atoms with E-state index in [1.807, 2.05) is 7.05 Å². The fourth-order valence-electron chi connectivity index (χ4n) is 2.26. The van der Waals surface area contributed by atoms with Gasteiger partial charge in [-0.1, -0.05) is 18.2 Å². The van der Waals surface area contributed by atoms with E-state index in [1.54, 1.807) is 0 Å². The summed E-state index contributed by atoms with van der Waals surface area (Å²) in [5.74, 6) is 0. The highest BCUT2D eigenvalue weighted by molar-refractivity contribution is 5.35. The van der Waals surface area contributed by atoms with Gasteiger partial charge in [0, 0.05) is 19.1 Å². The second-order valence-corrected chi connectivity index (χ2v) is 4.96. The molecule has 1 aliphatic rings. The van der Waals surface area contributed by atoms with Gasteiger partial charge in [0.1, 0.15) is 0 Å². The van der Waals surface area contributed by atoms with Crippen LogP contribution in [0.3, 0.4) is 0 Å². The molecule has 16 heavy (non-hydrogen) atoms. The van der Waals surface area contributed by atoms with Crippen LogP contribution in [0.5, 0.6) is 0 Å². The molecule has 0 amide bonds. The van der Waals surface area contributed by atoms with Crippen LogP contribution in [0.4, 0.5) is 0 Å². The molecular formula is C14H22N2. The van der Waals surface area contributed by atoms with Gasteiger partial charge in [0.15, 0.2) is 0 Å². The van der Waals surface area contributed by atoms with Gasteiger partial charge in [-0.05, 0) is 50.6 Å².